The fraction of sp³-hybridized carbons (Fsp3) is 0.312. The van der Waals surface area contributed by atoms with Gasteiger partial charge in [0.25, 0.3) is 5.78 Å². The minimum atomic E-state index is 0.665. The molecule has 0 radical (unpaired) electrons. The molecule has 22 heavy (non-hydrogen) atoms. The van der Waals surface area contributed by atoms with Gasteiger partial charge in [0.15, 0.2) is 0 Å². The molecule has 0 spiro atoms. The average Bonchev–Trinajstić information content (AvgIpc) is 3.20. The van der Waals surface area contributed by atoms with Crippen LogP contribution < -0.4 is 10.1 Å². The molecule has 112 valence electrons. The number of nitrogens with one attached hydrogen (secondary N) is 1. The number of aromatic nitrogens is 4. The highest BCUT2D eigenvalue weighted by Crippen LogP contribution is 2.28. The third-order valence-electron chi connectivity index (χ3n) is 4.10. The predicted octanol–water partition coefficient (Wildman–Crippen LogP) is 2.23. The number of hydrogen-bond acceptors (Lipinski definition) is 5. The summed E-state index contributed by atoms with van der Waals surface area (Å²) in [6.07, 6.45) is 4.95. The van der Waals surface area contributed by atoms with Gasteiger partial charge in [0.2, 0.25) is 0 Å². The van der Waals surface area contributed by atoms with Gasteiger partial charge in [0.05, 0.1) is 12.8 Å². The lowest BCUT2D eigenvalue weighted by atomic mass is 10.2. The van der Waals surface area contributed by atoms with Gasteiger partial charge in [-0.05, 0) is 37.0 Å². The van der Waals surface area contributed by atoms with E-state index in [0.29, 0.717) is 5.78 Å². The summed E-state index contributed by atoms with van der Waals surface area (Å²) in [6.45, 7) is 0.744. The number of nitrogens with zero attached hydrogens (tertiary/aromatic N) is 4. The van der Waals surface area contributed by atoms with Gasteiger partial charge >= 0.3 is 0 Å². The standard InChI is InChI=1S/C16H17N5O/c1-22-12-7-5-11(6-8-12)9-17-15-13-3-2-4-14(13)19-16-20-18-10-21(15)16/h5-8,10,17H,2-4,9H2,1H3. The second-order valence-corrected chi connectivity index (χ2v) is 5.44. The molecule has 1 aliphatic carbocycles. The summed E-state index contributed by atoms with van der Waals surface area (Å²) in [5, 5.41) is 11.6. The number of aryl methyl sites for hydroxylation is 1. The topological polar surface area (TPSA) is 64.3 Å². The zero-order valence-corrected chi connectivity index (χ0v) is 12.4. The molecule has 0 fully saturated rings. The monoisotopic (exact) mass is 295 g/mol. The number of benzene rings is 1. The third-order valence-corrected chi connectivity index (χ3v) is 4.10. The van der Waals surface area contributed by atoms with Crippen molar-refractivity contribution >= 4 is 11.6 Å². The molecule has 0 bridgehead atoms. The summed E-state index contributed by atoms with van der Waals surface area (Å²) >= 11 is 0. The highest BCUT2D eigenvalue weighted by molar-refractivity contribution is 5.55. The first kappa shape index (κ1) is 13.1. The van der Waals surface area contributed by atoms with Crippen LogP contribution in [0.15, 0.2) is 30.6 Å². The van der Waals surface area contributed by atoms with Crippen LogP contribution in [-0.4, -0.2) is 26.7 Å². The van der Waals surface area contributed by atoms with Crippen molar-refractivity contribution in [3.8, 4) is 5.75 Å². The van der Waals surface area contributed by atoms with Crippen molar-refractivity contribution in [2.24, 2.45) is 0 Å². The van der Waals surface area contributed by atoms with Gasteiger partial charge in [-0.25, -0.2) is 4.98 Å². The molecule has 0 unspecified atom stereocenters. The smallest absolute Gasteiger partial charge is 0.256 e. The zero-order valence-electron chi connectivity index (χ0n) is 12.4. The first-order valence-electron chi connectivity index (χ1n) is 7.43. The molecule has 1 aliphatic rings. The Balaban J connectivity index is 1.64. The summed E-state index contributed by atoms with van der Waals surface area (Å²) in [5.74, 6) is 2.60. The molecule has 0 atom stereocenters. The molecular weight excluding hydrogens is 278 g/mol. The Labute approximate surface area is 128 Å². The van der Waals surface area contributed by atoms with Crippen LogP contribution in [0.5, 0.6) is 5.75 Å². The van der Waals surface area contributed by atoms with E-state index in [2.05, 4.69) is 32.6 Å². The molecule has 1 N–H and O–H groups in total. The van der Waals surface area contributed by atoms with Crippen LogP contribution in [0.1, 0.15) is 23.2 Å². The van der Waals surface area contributed by atoms with Crippen LogP contribution in [-0.2, 0) is 19.4 Å². The fourth-order valence-electron chi connectivity index (χ4n) is 2.96. The Morgan fingerprint density at radius 2 is 2.09 bits per heavy atom. The number of anilines is 1. The molecule has 0 amide bonds. The third kappa shape index (κ3) is 2.16. The van der Waals surface area contributed by atoms with E-state index in [1.165, 1.54) is 11.1 Å². The lowest BCUT2D eigenvalue weighted by molar-refractivity contribution is 0.414. The Morgan fingerprint density at radius 1 is 1.23 bits per heavy atom. The SMILES string of the molecule is COc1ccc(CNc2c3c(nc4nncn24)CCC3)cc1. The van der Waals surface area contributed by atoms with Crippen LogP contribution in [0, 0.1) is 0 Å². The van der Waals surface area contributed by atoms with E-state index in [-0.39, 0.29) is 0 Å². The summed E-state index contributed by atoms with van der Waals surface area (Å²) in [4.78, 5) is 4.59. The van der Waals surface area contributed by atoms with Gasteiger partial charge in [-0.2, -0.15) is 0 Å². The largest absolute Gasteiger partial charge is 0.497 e. The molecule has 6 heteroatoms. The van der Waals surface area contributed by atoms with E-state index in [1.54, 1.807) is 13.4 Å². The van der Waals surface area contributed by atoms with Crippen LogP contribution in [0.4, 0.5) is 5.82 Å². The predicted molar refractivity (Wildman–Crippen MR) is 83.1 cm³/mol. The molecule has 0 aliphatic heterocycles. The van der Waals surface area contributed by atoms with Crippen molar-refractivity contribution in [3.05, 3.63) is 47.4 Å². The Bertz CT molecular complexity index is 809. The Hall–Kier alpha value is -2.63. The second kappa shape index (κ2) is 5.29. The molecule has 1 aromatic carbocycles. The van der Waals surface area contributed by atoms with Crippen molar-refractivity contribution in [2.45, 2.75) is 25.8 Å². The minimum absolute atomic E-state index is 0.665. The number of ether oxygens (including phenoxy) is 1. The number of hydrogen-bond donors (Lipinski definition) is 1. The maximum Gasteiger partial charge on any atom is 0.256 e. The average molecular weight is 295 g/mol. The van der Waals surface area contributed by atoms with E-state index in [0.717, 1.165) is 43.1 Å². The fourth-order valence-corrected chi connectivity index (χ4v) is 2.96. The number of fused-ring (bicyclic) bond motifs is 2. The maximum atomic E-state index is 5.19. The minimum Gasteiger partial charge on any atom is -0.497 e. The second-order valence-electron chi connectivity index (χ2n) is 5.44. The van der Waals surface area contributed by atoms with Crippen LogP contribution in [0.3, 0.4) is 0 Å². The van der Waals surface area contributed by atoms with Crippen molar-refractivity contribution in [3.63, 3.8) is 0 Å². The quantitative estimate of drug-likeness (QED) is 0.799. The van der Waals surface area contributed by atoms with Gasteiger partial charge < -0.3 is 10.1 Å². The first-order chi connectivity index (χ1) is 10.8. The molecular formula is C16H17N5O. The van der Waals surface area contributed by atoms with E-state index in [4.69, 9.17) is 4.74 Å². The van der Waals surface area contributed by atoms with Gasteiger partial charge in [-0.3, -0.25) is 4.40 Å². The van der Waals surface area contributed by atoms with Gasteiger partial charge in [-0.15, -0.1) is 10.2 Å². The van der Waals surface area contributed by atoms with Crippen molar-refractivity contribution in [1.82, 2.24) is 19.6 Å². The van der Waals surface area contributed by atoms with Crippen molar-refractivity contribution in [1.29, 1.82) is 0 Å². The molecule has 0 saturated carbocycles. The Morgan fingerprint density at radius 3 is 2.91 bits per heavy atom. The summed E-state index contributed by atoms with van der Waals surface area (Å²) < 4.78 is 7.13. The van der Waals surface area contributed by atoms with Crippen LogP contribution in [0.2, 0.25) is 0 Å². The number of rotatable bonds is 4. The highest BCUT2D eigenvalue weighted by atomic mass is 16.5. The lowest BCUT2D eigenvalue weighted by Crippen LogP contribution is -2.09. The first-order valence-corrected chi connectivity index (χ1v) is 7.43. The zero-order chi connectivity index (χ0) is 14.9. The van der Waals surface area contributed by atoms with E-state index in [1.807, 2.05) is 16.5 Å². The molecule has 6 nitrogen and oxygen atoms in total. The molecule has 4 rings (SSSR count). The maximum absolute atomic E-state index is 5.19. The molecule has 2 aromatic heterocycles. The van der Waals surface area contributed by atoms with Crippen LogP contribution >= 0.6 is 0 Å². The Kier molecular flexibility index (Phi) is 3.14. The number of methoxy groups -OCH3 is 1. The lowest BCUT2D eigenvalue weighted by Gasteiger charge is -2.13. The summed E-state index contributed by atoms with van der Waals surface area (Å²) in [6, 6.07) is 8.08. The van der Waals surface area contributed by atoms with Gasteiger partial charge in [-0.1, -0.05) is 12.1 Å². The molecule has 0 saturated heterocycles. The molecule has 3 aromatic rings. The highest BCUT2D eigenvalue weighted by Gasteiger charge is 2.20. The van der Waals surface area contributed by atoms with E-state index < -0.39 is 0 Å². The molecule has 2 heterocycles. The van der Waals surface area contributed by atoms with Crippen molar-refractivity contribution < 1.29 is 4.74 Å². The van der Waals surface area contributed by atoms with Gasteiger partial charge in [0.1, 0.15) is 17.9 Å². The van der Waals surface area contributed by atoms with E-state index in [9.17, 15) is 0 Å². The summed E-state index contributed by atoms with van der Waals surface area (Å²) in [5.41, 5.74) is 3.64. The van der Waals surface area contributed by atoms with Crippen molar-refractivity contribution in [2.75, 3.05) is 12.4 Å². The summed E-state index contributed by atoms with van der Waals surface area (Å²) in [7, 11) is 1.68. The van der Waals surface area contributed by atoms with Gasteiger partial charge in [0, 0.05) is 12.1 Å². The van der Waals surface area contributed by atoms with E-state index >= 15 is 0 Å². The normalized spacial score (nSPS) is 13.3. The van der Waals surface area contributed by atoms with Crippen LogP contribution in [0.25, 0.3) is 5.78 Å².